The summed E-state index contributed by atoms with van der Waals surface area (Å²) in [4.78, 5) is 12.4. The number of aryl methyl sites for hydroxylation is 1. The molecule has 0 aliphatic heterocycles. The first kappa shape index (κ1) is 13.5. The fourth-order valence-electron chi connectivity index (χ4n) is 1.98. The maximum Gasteiger partial charge on any atom is 0.184 e. The Hall–Kier alpha value is -1.92. The van der Waals surface area contributed by atoms with Gasteiger partial charge < -0.3 is 0 Å². The number of Topliss-reactive ketones (excluding diaryl/α,β-unsaturated/α-hetero) is 1. The van der Waals surface area contributed by atoms with E-state index in [-0.39, 0.29) is 5.78 Å². The predicted octanol–water partition coefficient (Wildman–Crippen LogP) is 4.25. The Kier molecular flexibility index (Phi) is 4.13. The lowest BCUT2D eigenvalue weighted by Crippen LogP contribution is -2.11. The van der Waals surface area contributed by atoms with E-state index in [4.69, 9.17) is 0 Å². The van der Waals surface area contributed by atoms with E-state index in [0.29, 0.717) is 5.56 Å². The van der Waals surface area contributed by atoms with Gasteiger partial charge >= 0.3 is 0 Å². The number of nitriles is 1. The molecule has 2 rings (SSSR count). The normalized spacial score (nSPS) is 11.6. The molecule has 0 saturated heterocycles. The molecule has 0 heterocycles. The molecule has 0 radical (unpaired) electrons. The monoisotopic (exact) mass is 313 g/mol. The summed E-state index contributed by atoms with van der Waals surface area (Å²) in [5, 5.41) is 9.27. The SMILES string of the molecule is Cc1cc(Br)cc(C(=O)C(C#N)c2ccccc2)c1. The molecule has 94 valence electrons. The quantitative estimate of drug-likeness (QED) is 0.795. The summed E-state index contributed by atoms with van der Waals surface area (Å²) >= 11 is 3.37. The largest absolute Gasteiger partial charge is 0.292 e. The van der Waals surface area contributed by atoms with Gasteiger partial charge in [0.1, 0.15) is 5.92 Å². The molecule has 0 spiro atoms. The van der Waals surface area contributed by atoms with Gasteiger partial charge in [-0.05, 0) is 36.2 Å². The van der Waals surface area contributed by atoms with Gasteiger partial charge in [0.15, 0.2) is 5.78 Å². The second-order valence-electron chi connectivity index (χ2n) is 4.35. The number of carbonyl (C=O) groups excluding carboxylic acids is 1. The third-order valence-corrected chi connectivity index (χ3v) is 3.31. The average Bonchev–Trinajstić information content (AvgIpc) is 2.39. The summed E-state index contributed by atoms with van der Waals surface area (Å²) < 4.78 is 0.848. The van der Waals surface area contributed by atoms with Gasteiger partial charge in [0, 0.05) is 10.0 Å². The molecule has 1 unspecified atom stereocenters. The van der Waals surface area contributed by atoms with Crippen LogP contribution in [0.1, 0.15) is 27.4 Å². The Morgan fingerprint density at radius 1 is 1.21 bits per heavy atom. The van der Waals surface area contributed by atoms with Gasteiger partial charge in [0.2, 0.25) is 0 Å². The van der Waals surface area contributed by atoms with Crippen molar-refractivity contribution in [3.8, 4) is 6.07 Å². The van der Waals surface area contributed by atoms with E-state index in [2.05, 4.69) is 22.0 Å². The zero-order chi connectivity index (χ0) is 13.8. The van der Waals surface area contributed by atoms with Gasteiger partial charge in [-0.2, -0.15) is 5.26 Å². The van der Waals surface area contributed by atoms with Crippen molar-refractivity contribution >= 4 is 21.7 Å². The standard InChI is InChI=1S/C16H12BrNO/c1-11-7-13(9-14(17)8-11)16(19)15(10-18)12-5-3-2-4-6-12/h2-9,15H,1H3. The van der Waals surface area contributed by atoms with E-state index in [1.165, 1.54) is 0 Å². The maximum atomic E-state index is 12.4. The topological polar surface area (TPSA) is 40.9 Å². The number of hydrogen-bond acceptors (Lipinski definition) is 2. The first-order chi connectivity index (χ1) is 9.11. The molecule has 0 aliphatic carbocycles. The van der Waals surface area contributed by atoms with E-state index in [1.54, 1.807) is 24.3 Å². The first-order valence-corrected chi connectivity index (χ1v) is 6.67. The van der Waals surface area contributed by atoms with Crippen molar-refractivity contribution < 1.29 is 4.79 Å². The zero-order valence-electron chi connectivity index (χ0n) is 10.4. The van der Waals surface area contributed by atoms with Gasteiger partial charge in [-0.15, -0.1) is 0 Å². The van der Waals surface area contributed by atoms with Crippen LogP contribution in [-0.2, 0) is 0 Å². The number of carbonyl (C=O) groups is 1. The van der Waals surface area contributed by atoms with Crippen LogP contribution in [0.3, 0.4) is 0 Å². The van der Waals surface area contributed by atoms with E-state index in [0.717, 1.165) is 15.6 Å². The molecule has 0 aromatic heterocycles. The molecule has 0 bridgehead atoms. The highest BCUT2D eigenvalue weighted by Crippen LogP contribution is 2.23. The molecule has 3 heteroatoms. The second-order valence-corrected chi connectivity index (χ2v) is 5.27. The van der Waals surface area contributed by atoms with Crippen LogP contribution in [0, 0.1) is 18.3 Å². The van der Waals surface area contributed by atoms with Crippen LogP contribution in [0.5, 0.6) is 0 Å². The highest BCUT2D eigenvalue weighted by atomic mass is 79.9. The number of ketones is 1. The number of benzene rings is 2. The van der Waals surface area contributed by atoms with Gasteiger partial charge in [-0.25, -0.2) is 0 Å². The fourth-order valence-corrected chi connectivity index (χ4v) is 2.58. The molecular weight excluding hydrogens is 302 g/mol. The first-order valence-electron chi connectivity index (χ1n) is 5.88. The van der Waals surface area contributed by atoms with Crippen molar-refractivity contribution in [1.29, 1.82) is 5.26 Å². The Balaban J connectivity index is 2.40. The Labute approximate surface area is 120 Å². The molecule has 0 saturated carbocycles. The number of rotatable bonds is 3. The summed E-state index contributed by atoms with van der Waals surface area (Å²) in [5.74, 6) is -0.923. The van der Waals surface area contributed by atoms with Gasteiger partial charge in [0.05, 0.1) is 6.07 Å². The van der Waals surface area contributed by atoms with Crippen LogP contribution >= 0.6 is 15.9 Å². The minimum absolute atomic E-state index is 0.168. The van der Waals surface area contributed by atoms with Crippen molar-refractivity contribution in [2.45, 2.75) is 12.8 Å². The van der Waals surface area contributed by atoms with Crippen LogP contribution in [0.25, 0.3) is 0 Å². The van der Waals surface area contributed by atoms with E-state index < -0.39 is 5.92 Å². The molecule has 0 aliphatic rings. The molecule has 2 aromatic rings. The molecule has 19 heavy (non-hydrogen) atoms. The summed E-state index contributed by atoms with van der Waals surface area (Å²) in [6.45, 7) is 1.92. The summed E-state index contributed by atoms with van der Waals surface area (Å²) in [6, 6.07) is 16.7. The van der Waals surface area contributed by atoms with Crippen LogP contribution in [0.4, 0.5) is 0 Å². The lowest BCUT2D eigenvalue weighted by Gasteiger charge is -2.09. The number of halogens is 1. The molecule has 2 nitrogen and oxygen atoms in total. The van der Waals surface area contributed by atoms with E-state index in [9.17, 15) is 10.1 Å². The fraction of sp³-hybridized carbons (Fsp3) is 0.125. The third-order valence-electron chi connectivity index (χ3n) is 2.85. The third kappa shape index (κ3) is 3.10. The van der Waals surface area contributed by atoms with Gasteiger partial charge in [-0.3, -0.25) is 4.79 Å². The molecular formula is C16H12BrNO. The molecule has 2 aromatic carbocycles. The van der Waals surface area contributed by atoms with Gasteiger partial charge in [-0.1, -0.05) is 46.3 Å². The number of nitrogens with zero attached hydrogens (tertiary/aromatic N) is 1. The maximum absolute atomic E-state index is 12.4. The summed E-state index contributed by atoms with van der Waals surface area (Å²) in [6.07, 6.45) is 0. The van der Waals surface area contributed by atoms with E-state index in [1.807, 2.05) is 31.2 Å². The van der Waals surface area contributed by atoms with E-state index >= 15 is 0 Å². The van der Waals surface area contributed by atoms with Crippen molar-refractivity contribution in [3.63, 3.8) is 0 Å². The average molecular weight is 314 g/mol. The van der Waals surface area contributed by atoms with Crippen LogP contribution in [0.2, 0.25) is 0 Å². The van der Waals surface area contributed by atoms with Crippen LogP contribution in [0.15, 0.2) is 53.0 Å². The molecule has 0 N–H and O–H groups in total. The zero-order valence-corrected chi connectivity index (χ0v) is 12.0. The van der Waals surface area contributed by atoms with Crippen LogP contribution in [-0.4, -0.2) is 5.78 Å². The smallest absolute Gasteiger partial charge is 0.184 e. The summed E-state index contributed by atoms with van der Waals surface area (Å²) in [7, 11) is 0. The van der Waals surface area contributed by atoms with Crippen molar-refractivity contribution in [3.05, 3.63) is 69.7 Å². The number of hydrogen-bond donors (Lipinski definition) is 0. The van der Waals surface area contributed by atoms with Crippen molar-refractivity contribution in [1.82, 2.24) is 0 Å². The highest BCUT2D eigenvalue weighted by Gasteiger charge is 2.21. The Bertz CT molecular complexity index is 623. The lowest BCUT2D eigenvalue weighted by atomic mass is 9.91. The van der Waals surface area contributed by atoms with Crippen molar-refractivity contribution in [2.75, 3.05) is 0 Å². The van der Waals surface area contributed by atoms with Gasteiger partial charge in [0.25, 0.3) is 0 Å². The van der Waals surface area contributed by atoms with Crippen molar-refractivity contribution in [2.24, 2.45) is 0 Å². The molecule has 1 atom stereocenters. The predicted molar refractivity (Wildman–Crippen MR) is 78.0 cm³/mol. The molecule has 0 fully saturated rings. The Morgan fingerprint density at radius 3 is 2.47 bits per heavy atom. The lowest BCUT2D eigenvalue weighted by molar-refractivity contribution is 0.0978. The van der Waals surface area contributed by atoms with Crippen LogP contribution < -0.4 is 0 Å². The minimum Gasteiger partial charge on any atom is -0.292 e. The second kappa shape index (κ2) is 5.81. The Morgan fingerprint density at radius 2 is 1.89 bits per heavy atom. The highest BCUT2D eigenvalue weighted by molar-refractivity contribution is 9.10. The molecule has 0 amide bonds. The minimum atomic E-state index is -0.755. The summed E-state index contributed by atoms with van der Waals surface area (Å²) in [5.41, 5.74) is 2.28.